The van der Waals surface area contributed by atoms with Crippen LogP contribution in [-0.2, 0) is 0 Å². The number of aromatic hydroxyl groups is 1. The number of phenolic OH excluding ortho intramolecular Hbond substituents is 1. The number of hydrogen-bond acceptors (Lipinski definition) is 5. The fraction of sp³-hybridized carbons (Fsp3) is 0.600. The topological polar surface area (TPSA) is 73.1 Å². The van der Waals surface area contributed by atoms with E-state index in [-0.39, 0.29) is 18.0 Å². The van der Waals surface area contributed by atoms with Gasteiger partial charge in [-0.05, 0) is 23.7 Å². The van der Waals surface area contributed by atoms with Crippen molar-refractivity contribution in [1.29, 1.82) is 0 Å². The van der Waals surface area contributed by atoms with E-state index in [1.165, 1.54) is 31.4 Å². The molecular weight excluding hydrogens is 256 g/mol. The predicted molar refractivity (Wildman–Crippen MR) is 81.6 cm³/mol. The number of phenols is 1. The van der Waals surface area contributed by atoms with Crippen molar-refractivity contribution in [2.24, 2.45) is 5.18 Å². The maximum absolute atomic E-state index is 10.4. The van der Waals surface area contributed by atoms with Gasteiger partial charge < -0.3 is 15.1 Å². The van der Waals surface area contributed by atoms with Crippen LogP contribution in [0, 0.1) is 4.91 Å². The Morgan fingerprint density at radius 3 is 2.50 bits per heavy atom. The maximum atomic E-state index is 10.4. The van der Waals surface area contributed by atoms with Gasteiger partial charge in [-0.3, -0.25) is 0 Å². The van der Waals surface area contributed by atoms with Crippen molar-refractivity contribution in [3.8, 4) is 5.75 Å². The average molecular weight is 280 g/mol. The molecule has 0 spiro atoms. The van der Waals surface area contributed by atoms with E-state index in [9.17, 15) is 10.0 Å². The van der Waals surface area contributed by atoms with Crippen molar-refractivity contribution in [3.63, 3.8) is 0 Å². The highest BCUT2D eigenvalue weighted by molar-refractivity contribution is 5.61. The molecule has 0 aromatic heterocycles. The van der Waals surface area contributed by atoms with Crippen LogP contribution >= 0.6 is 0 Å². The van der Waals surface area contributed by atoms with Gasteiger partial charge in [-0.1, -0.05) is 32.6 Å². The molecule has 0 saturated heterocycles. The van der Waals surface area contributed by atoms with E-state index in [4.69, 9.17) is 5.11 Å². The number of rotatable bonds is 10. The minimum absolute atomic E-state index is 0.0423. The lowest BCUT2D eigenvalue weighted by molar-refractivity contribution is 0.301. The van der Waals surface area contributed by atoms with Gasteiger partial charge in [0, 0.05) is 24.8 Å². The molecule has 0 aliphatic rings. The number of aliphatic hydroxyl groups excluding tert-OH is 1. The van der Waals surface area contributed by atoms with Gasteiger partial charge in [-0.15, -0.1) is 4.91 Å². The van der Waals surface area contributed by atoms with Crippen LogP contribution < -0.4 is 4.90 Å². The molecule has 0 radical (unpaired) electrons. The largest absolute Gasteiger partial charge is 0.505 e. The SMILES string of the molecule is CCCCCCCN(CCO)c1ccc(N=O)c(O)c1. The summed E-state index contributed by atoms with van der Waals surface area (Å²) in [5.41, 5.74) is 0.847. The van der Waals surface area contributed by atoms with Crippen LogP contribution in [0.25, 0.3) is 0 Å². The van der Waals surface area contributed by atoms with Gasteiger partial charge in [0.15, 0.2) is 0 Å². The smallest absolute Gasteiger partial charge is 0.149 e. The van der Waals surface area contributed by atoms with Crippen molar-refractivity contribution in [1.82, 2.24) is 0 Å². The molecule has 0 amide bonds. The minimum atomic E-state index is -0.119. The summed E-state index contributed by atoms with van der Waals surface area (Å²) in [6.07, 6.45) is 5.90. The molecular formula is C15H24N2O3. The molecule has 0 aliphatic carbocycles. The van der Waals surface area contributed by atoms with Crippen LogP contribution in [0.4, 0.5) is 11.4 Å². The molecule has 0 fully saturated rings. The second-order valence-electron chi connectivity index (χ2n) is 4.89. The second-order valence-corrected chi connectivity index (χ2v) is 4.89. The number of anilines is 1. The summed E-state index contributed by atoms with van der Waals surface area (Å²) in [5.74, 6) is -0.119. The third-order valence-electron chi connectivity index (χ3n) is 3.32. The molecule has 1 aromatic carbocycles. The van der Waals surface area contributed by atoms with E-state index in [0.29, 0.717) is 6.54 Å². The molecule has 0 unspecified atom stereocenters. The summed E-state index contributed by atoms with van der Waals surface area (Å²) in [6, 6.07) is 4.77. The zero-order valence-electron chi connectivity index (χ0n) is 12.1. The lowest BCUT2D eigenvalue weighted by Gasteiger charge is -2.24. The van der Waals surface area contributed by atoms with E-state index in [0.717, 1.165) is 25.1 Å². The summed E-state index contributed by atoms with van der Waals surface area (Å²) in [4.78, 5) is 12.5. The third-order valence-corrected chi connectivity index (χ3v) is 3.32. The molecule has 0 atom stereocenters. The lowest BCUT2D eigenvalue weighted by Crippen LogP contribution is -2.27. The summed E-state index contributed by atoms with van der Waals surface area (Å²) in [6.45, 7) is 3.59. The van der Waals surface area contributed by atoms with Gasteiger partial charge in [0.25, 0.3) is 0 Å². The van der Waals surface area contributed by atoms with E-state index in [1.807, 2.05) is 4.90 Å². The number of nitroso groups, excluding NO2 is 1. The summed E-state index contributed by atoms with van der Waals surface area (Å²) in [5, 5.41) is 21.5. The molecule has 0 bridgehead atoms. The van der Waals surface area contributed by atoms with Gasteiger partial charge in [0.1, 0.15) is 11.4 Å². The second kappa shape index (κ2) is 9.31. The molecule has 0 heterocycles. The van der Waals surface area contributed by atoms with Crippen LogP contribution in [0.15, 0.2) is 23.4 Å². The number of hydrogen-bond donors (Lipinski definition) is 2. The molecule has 5 nitrogen and oxygen atoms in total. The summed E-state index contributed by atoms with van der Waals surface area (Å²) in [7, 11) is 0. The Kier molecular flexibility index (Phi) is 7.65. The first-order valence-electron chi connectivity index (χ1n) is 7.25. The fourth-order valence-corrected chi connectivity index (χ4v) is 2.18. The number of benzene rings is 1. The van der Waals surface area contributed by atoms with Crippen molar-refractivity contribution in [3.05, 3.63) is 23.1 Å². The highest BCUT2D eigenvalue weighted by atomic mass is 16.3. The lowest BCUT2D eigenvalue weighted by atomic mass is 10.1. The Balaban J connectivity index is 2.60. The molecule has 112 valence electrons. The Morgan fingerprint density at radius 2 is 1.90 bits per heavy atom. The number of aliphatic hydroxyl groups is 1. The van der Waals surface area contributed by atoms with Gasteiger partial charge in [-0.2, -0.15) is 0 Å². The summed E-state index contributed by atoms with van der Waals surface area (Å²) >= 11 is 0. The number of unbranched alkanes of at least 4 members (excludes halogenated alkanes) is 4. The maximum Gasteiger partial charge on any atom is 0.149 e. The van der Waals surface area contributed by atoms with Crippen molar-refractivity contribution < 1.29 is 10.2 Å². The van der Waals surface area contributed by atoms with Crippen LogP contribution in [0.5, 0.6) is 5.75 Å². The van der Waals surface area contributed by atoms with Crippen LogP contribution in [0.2, 0.25) is 0 Å². The first-order chi connectivity index (χ1) is 9.72. The quantitative estimate of drug-likeness (QED) is 0.507. The standard InChI is InChI=1S/C15H24N2O3/c1-2-3-4-5-6-9-17(10-11-18)13-7-8-14(16-20)15(19)12-13/h7-8,12,18-19H,2-6,9-11H2,1H3. The van der Waals surface area contributed by atoms with Crippen molar-refractivity contribution >= 4 is 11.4 Å². The van der Waals surface area contributed by atoms with Gasteiger partial charge in [0.2, 0.25) is 0 Å². The molecule has 1 aromatic rings. The van der Waals surface area contributed by atoms with Gasteiger partial charge in [0.05, 0.1) is 6.61 Å². The monoisotopic (exact) mass is 280 g/mol. The van der Waals surface area contributed by atoms with Gasteiger partial charge in [-0.25, -0.2) is 0 Å². The normalized spacial score (nSPS) is 10.5. The zero-order chi connectivity index (χ0) is 14.8. The van der Waals surface area contributed by atoms with Crippen molar-refractivity contribution in [2.75, 3.05) is 24.6 Å². The molecule has 2 N–H and O–H groups in total. The van der Waals surface area contributed by atoms with E-state index >= 15 is 0 Å². The first kappa shape index (κ1) is 16.4. The van der Waals surface area contributed by atoms with Gasteiger partial charge >= 0.3 is 0 Å². The van der Waals surface area contributed by atoms with E-state index in [2.05, 4.69) is 12.1 Å². The molecule has 1 rings (SSSR count). The number of nitrogens with zero attached hydrogens (tertiary/aromatic N) is 2. The first-order valence-corrected chi connectivity index (χ1v) is 7.25. The Hall–Kier alpha value is -1.62. The Labute approximate surface area is 120 Å². The molecule has 0 saturated carbocycles. The third kappa shape index (κ3) is 5.17. The Bertz CT molecular complexity index is 410. The Morgan fingerprint density at radius 1 is 1.15 bits per heavy atom. The van der Waals surface area contributed by atoms with Crippen LogP contribution in [0.3, 0.4) is 0 Å². The zero-order valence-corrected chi connectivity index (χ0v) is 12.1. The minimum Gasteiger partial charge on any atom is -0.505 e. The molecule has 0 aliphatic heterocycles. The van der Waals surface area contributed by atoms with Crippen LogP contribution in [-0.4, -0.2) is 29.9 Å². The molecule has 5 heteroatoms. The van der Waals surface area contributed by atoms with Crippen LogP contribution in [0.1, 0.15) is 39.0 Å². The molecule has 20 heavy (non-hydrogen) atoms. The van der Waals surface area contributed by atoms with E-state index < -0.39 is 0 Å². The van der Waals surface area contributed by atoms with E-state index in [1.54, 1.807) is 6.07 Å². The highest BCUT2D eigenvalue weighted by Gasteiger charge is 2.09. The van der Waals surface area contributed by atoms with Crippen molar-refractivity contribution in [2.45, 2.75) is 39.0 Å². The predicted octanol–water partition coefficient (Wildman–Crippen LogP) is 3.56. The highest BCUT2D eigenvalue weighted by Crippen LogP contribution is 2.30. The summed E-state index contributed by atoms with van der Waals surface area (Å²) < 4.78 is 0. The fourth-order valence-electron chi connectivity index (χ4n) is 2.18. The average Bonchev–Trinajstić information content (AvgIpc) is 2.46.